The van der Waals surface area contributed by atoms with E-state index >= 15 is 0 Å². The van der Waals surface area contributed by atoms with Crippen molar-refractivity contribution >= 4 is 5.95 Å². The lowest BCUT2D eigenvalue weighted by Gasteiger charge is -2.10. The molecule has 0 atom stereocenters. The highest BCUT2D eigenvalue weighted by Gasteiger charge is 2.09. The Morgan fingerprint density at radius 1 is 1.17 bits per heavy atom. The summed E-state index contributed by atoms with van der Waals surface area (Å²) in [4.78, 5) is 9.13. The lowest BCUT2D eigenvalue weighted by molar-refractivity contribution is 0.808. The van der Waals surface area contributed by atoms with Crippen LogP contribution in [0, 0.1) is 0 Å². The average Bonchev–Trinajstić information content (AvgIpc) is 3.10. The largest absolute Gasteiger partial charge is 0.349 e. The van der Waals surface area contributed by atoms with E-state index in [2.05, 4.69) is 64.5 Å². The van der Waals surface area contributed by atoms with Crippen LogP contribution in [0.2, 0.25) is 0 Å². The molecule has 5 nitrogen and oxygen atoms in total. The number of H-pyrrole nitrogens is 1. The summed E-state index contributed by atoms with van der Waals surface area (Å²) in [7, 11) is 0. The van der Waals surface area contributed by atoms with Gasteiger partial charge in [0.25, 0.3) is 0 Å². The number of hydrogen-bond acceptors (Lipinski definition) is 4. The van der Waals surface area contributed by atoms with E-state index in [0.717, 1.165) is 34.6 Å². The summed E-state index contributed by atoms with van der Waals surface area (Å²) >= 11 is 0. The minimum absolute atomic E-state index is 0.420. The van der Waals surface area contributed by atoms with Gasteiger partial charge >= 0.3 is 0 Å². The molecule has 0 amide bonds. The van der Waals surface area contributed by atoms with E-state index in [-0.39, 0.29) is 0 Å². The molecular formula is C19H23N5. The normalized spacial score (nSPS) is 11.0. The van der Waals surface area contributed by atoms with Crippen LogP contribution in [0.4, 0.5) is 5.95 Å². The molecule has 0 saturated carbocycles. The molecule has 0 spiro atoms. The molecule has 0 aliphatic rings. The number of benzene rings is 1. The second-order valence-electron chi connectivity index (χ2n) is 6.10. The standard InChI is InChI=1S/C19H23N5/c1-4-17-16(14-8-6-5-7-9-14)12-21-19(22-17)20-11-15-10-18(13(2)3)24-23-15/h5-10,12-13H,4,11H2,1-3H3,(H,23,24)(H,20,21,22). The van der Waals surface area contributed by atoms with E-state index in [9.17, 15) is 0 Å². The molecule has 5 heteroatoms. The summed E-state index contributed by atoms with van der Waals surface area (Å²) in [6.07, 6.45) is 2.76. The van der Waals surface area contributed by atoms with Crippen LogP contribution in [-0.2, 0) is 13.0 Å². The Labute approximate surface area is 142 Å². The van der Waals surface area contributed by atoms with E-state index in [1.54, 1.807) is 0 Å². The Bertz CT molecular complexity index is 793. The average molecular weight is 321 g/mol. The molecule has 0 unspecified atom stereocenters. The van der Waals surface area contributed by atoms with Gasteiger partial charge in [-0.25, -0.2) is 9.97 Å². The fourth-order valence-electron chi connectivity index (χ4n) is 2.57. The second-order valence-corrected chi connectivity index (χ2v) is 6.10. The number of nitrogens with one attached hydrogen (secondary N) is 2. The number of anilines is 1. The molecule has 0 aliphatic carbocycles. The zero-order valence-electron chi connectivity index (χ0n) is 14.4. The predicted molar refractivity (Wildman–Crippen MR) is 96.8 cm³/mol. The van der Waals surface area contributed by atoms with Crippen molar-refractivity contribution < 1.29 is 0 Å². The Balaban J connectivity index is 1.75. The molecule has 3 rings (SSSR count). The third-order valence-electron chi connectivity index (χ3n) is 3.97. The Morgan fingerprint density at radius 3 is 2.62 bits per heavy atom. The second kappa shape index (κ2) is 7.25. The van der Waals surface area contributed by atoms with Crippen LogP contribution >= 0.6 is 0 Å². The zero-order valence-corrected chi connectivity index (χ0v) is 14.4. The first-order chi connectivity index (χ1) is 11.7. The van der Waals surface area contributed by atoms with E-state index in [1.807, 2.05) is 24.4 Å². The number of hydrogen-bond donors (Lipinski definition) is 2. The lowest BCUT2D eigenvalue weighted by Crippen LogP contribution is -2.06. The Morgan fingerprint density at radius 2 is 1.96 bits per heavy atom. The van der Waals surface area contributed by atoms with Crippen LogP contribution in [0.1, 0.15) is 43.8 Å². The number of aromatic nitrogens is 4. The van der Waals surface area contributed by atoms with Crippen molar-refractivity contribution in [3.8, 4) is 11.1 Å². The molecule has 0 fully saturated rings. The maximum absolute atomic E-state index is 4.67. The summed E-state index contributed by atoms with van der Waals surface area (Å²) in [5.74, 6) is 1.07. The molecule has 0 radical (unpaired) electrons. The van der Waals surface area contributed by atoms with Crippen molar-refractivity contribution in [3.05, 3.63) is 59.7 Å². The first-order valence-electron chi connectivity index (χ1n) is 8.36. The van der Waals surface area contributed by atoms with Gasteiger partial charge in [0.05, 0.1) is 23.6 Å². The lowest BCUT2D eigenvalue weighted by atomic mass is 10.0. The highest BCUT2D eigenvalue weighted by molar-refractivity contribution is 5.65. The van der Waals surface area contributed by atoms with Crippen molar-refractivity contribution in [1.82, 2.24) is 20.2 Å². The molecule has 124 valence electrons. The van der Waals surface area contributed by atoms with E-state index in [4.69, 9.17) is 0 Å². The van der Waals surface area contributed by atoms with Gasteiger partial charge in [-0.2, -0.15) is 5.10 Å². The molecule has 2 heterocycles. The van der Waals surface area contributed by atoms with Crippen molar-refractivity contribution in [2.75, 3.05) is 5.32 Å². The van der Waals surface area contributed by atoms with Gasteiger partial charge in [0, 0.05) is 11.8 Å². The van der Waals surface area contributed by atoms with Crippen molar-refractivity contribution in [2.45, 2.75) is 39.7 Å². The molecule has 0 aliphatic heterocycles. The van der Waals surface area contributed by atoms with Gasteiger partial charge in [-0.15, -0.1) is 0 Å². The third kappa shape index (κ3) is 3.62. The van der Waals surface area contributed by atoms with Crippen LogP contribution in [0.15, 0.2) is 42.6 Å². The van der Waals surface area contributed by atoms with Gasteiger partial charge in [-0.05, 0) is 24.0 Å². The van der Waals surface area contributed by atoms with E-state index in [0.29, 0.717) is 18.4 Å². The van der Waals surface area contributed by atoms with Crippen LogP contribution in [0.3, 0.4) is 0 Å². The summed E-state index contributed by atoms with van der Waals surface area (Å²) < 4.78 is 0. The highest BCUT2D eigenvalue weighted by Crippen LogP contribution is 2.23. The van der Waals surface area contributed by atoms with E-state index < -0.39 is 0 Å². The van der Waals surface area contributed by atoms with E-state index in [1.165, 1.54) is 0 Å². The summed E-state index contributed by atoms with van der Waals surface area (Å²) in [5.41, 5.74) is 5.39. The topological polar surface area (TPSA) is 66.5 Å². The fraction of sp³-hybridized carbons (Fsp3) is 0.316. The van der Waals surface area contributed by atoms with Crippen LogP contribution in [0.25, 0.3) is 11.1 Å². The minimum Gasteiger partial charge on any atom is -0.349 e. The SMILES string of the molecule is CCc1nc(NCc2cc(C(C)C)n[nH]2)ncc1-c1ccccc1. The molecule has 3 aromatic rings. The Kier molecular flexibility index (Phi) is 4.89. The quantitative estimate of drug-likeness (QED) is 0.715. The highest BCUT2D eigenvalue weighted by atomic mass is 15.2. The van der Waals surface area contributed by atoms with Crippen LogP contribution in [-0.4, -0.2) is 20.2 Å². The number of nitrogens with zero attached hydrogens (tertiary/aromatic N) is 3. The number of aromatic amines is 1. The van der Waals surface area contributed by atoms with Crippen molar-refractivity contribution in [3.63, 3.8) is 0 Å². The van der Waals surface area contributed by atoms with Crippen molar-refractivity contribution in [1.29, 1.82) is 0 Å². The van der Waals surface area contributed by atoms with Gasteiger partial charge < -0.3 is 5.32 Å². The zero-order chi connectivity index (χ0) is 16.9. The molecular weight excluding hydrogens is 298 g/mol. The maximum Gasteiger partial charge on any atom is 0.223 e. The summed E-state index contributed by atoms with van der Waals surface area (Å²) in [6, 6.07) is 12.3. The van der Waals surface area contributed by atoms with Gasteiger partial charge in [0.15, 0.2) is 0 Å². The fourth-order valence-corrected chi connectivity index (χ4v) is 2.57. The van der Waals surface area contributed by atoms with Gasteiger partial charge in [0.2, 0.25) is 5.95 Å². The van der Waals surface area contributed by atoms with Gasteiger partial charge in [-0.3, -0.25) is 5.10 Å². The van der Waals surface area contributed by atoms with Crippen molar-refractivity contribution in [2.24, 2.45) is 0 Å². The predicted octanol–water partition coefficient (Wildman–Crippen LogP) is 4.16. The maximum atomic E-state index is 4.67. The molecule has 0 saturated heterocycles. The smallest absolute Gasteiger partial charge is 0.223 e. The first-order valence-corrected chi connectivity index (χ1v) is 8.36. The van der Waals surface area contributed by atoms with Crippen LogP contribution in [0.5, 0.6) is 0 Å². The van der Waals surface area contributed by atoms with Crippen LogP contribution < -0.4 is 5.32 Å². The molecule has 24 heavy (non-hydrogen) atoms. The molecule has 1 aromatic carbocycles. The number of rotatable bonds is 6. The van der Waals surface area contributed by atoms with Gasteiger partial charge in [0.1, 0.15) is 0 Å². The Hall–Kier alpha value is -2.69. The summed E-state index contributed by atoms with van der Waals surface area (Å²) in [5, 5.41) is 10.6. The third-order valence-corrected chi connectivity index (χ3v) is 3.97. The molecule has 0 bridgehead atoms. The minimum atomic E-state index is 0.420. The molecule has 2 N–H and O–H groups in total. The monoisotopic (exact) mass is 321 g/mol. The number of aryl methyl sites for hydroxylation is 1. The van der Waals surface area contributed by atoms with Gasteiger partial charge in [-0.1, -0.05) is 51.1 Å². The summed E-state index contributed by atoms with van der Waals surface area (Å²) in [6.45, 7) is 7.01. The first kappa shape index (κ1) is 16.2. The molecule has 2 aromatic heterocycles.